The SMILES string of the molecule is CN1Cc2nn(Cc3cccc(O)c3)c(-c3ccccc3F)c2C1. The molecular weight excluding hydrogens is 305 g/mol. The van der Waals surface area contributed by atoms with Crippen LogP contribution in [0.3, 0.4) is 0 Å². The Balaban J connectivity index is 1.83. The van der Waals surface area contributed by atoms with Gasteiger partial charge in [0.1, 0.15) is 11.6 Å². The van der Waals surface area contributed by atoms with Gasteiger partial charge in [0.15, 0.2) is 0 Å². The summed E-state index contributed by atoms with van der Waals surface area (Å²) in [4.78, 5) is 2.17. The first-order valence-electron chi connectivity index (χ1n) is 7.92. The van der Waals surface area contributed by atoms with Crippen molar-refractivity contribution in [2.45, 2.75) is 19.6 Å². The third kappa shape index (κ3) is 2.57. The molecule has 1 aliphatic heterocycles. The fraction of sp³-hybridized carbons (Fsp3) is 0.211. The fourth-order valence-corrected chi connectivity index (χ4v) is 3.32. The maximum absolute atomic E-state index is 14.4. The normalized spacial score (nSPS) is 14.1. The van der Waals surface area contributed by atoms with Crippen molar-refractivity contribution in [2.75, 3.05) is 7.05 Å². The van der Waals surface area contributed by atoms with Gasteiger partial charge in [0, 0.05) is 24.2 Å². The molecule has 0 radical (unpaired) electrons. The van der Waals surface area contributed by atoms with Gasteiger partial charge >= 0.3 is 0 Å². The van der Waals surface area contributed by atoms with Crippen molar-refractivity contribution in [3.8, 4) is 17.0 Å². The lowest BCUT2D eigenvalue weighted by Gasteiger charge is -2.13. The van der Waals surface area contributed by atoms with Crippen molar-refractivity contribution in [2.24, 2.45) is 0 Å². The maximum atomic E-state index is 14.4. The van der Waals surface area contributed by atoms with Gasteiger partial charge < -0.3 is 5.11 Å². The molecule has 2 aromatic carbocycles. The van der Waals surface area contributed by atoms with Crippen LogP contribution in [0.15, 0.2) is 48.5 Å². The molecule has 0 unspecified atom stereocenters. The number of aromatic hydroxyl groups is 1. The van der Waals surface area contributed by atoms with E-state index in [0.717, 1.165) is 35.6 Å². The second kappa shape index (κ2) is 5.76. The lowest BCUT2D eigenvalue weighted by Crippen LogP contribution is -2.13. The zero-order chi connectivity index (χ0) is 16.7. The molecule has 3 aromatic rings. The zero-order valence-corrected chi connectivity index (χ0v) is 13.4. The van der Waals surface area contributed by atoms with Crippen molar-refractivity contribution < 1.29 is 9.50 Å². The summed E-state index contributed by atoms with van der Waals surface area (Å²) in [5.74, 6) is -0.0220. The Kier molecular flexibility index (Phi) is 3.58. The standard InChI is InChI=1S/C19H18FN3O/c1-22-11-16-18(12-22)21-23(10-13-5-4-6-14(24)9-13)19(16)15-7-2-3-8-17(15)20/h2-9,24H,10-12H2,1H3. The van der Waals surface area contributed by atoms with Gasteiger partial charge in [0.05, 0.1) is 17.9 Å². The molecule has 0 spiro atoms. The van der Waals surface area contributed by atoms with Crippen LogP contribution in [-0.4, -0.2) is 26.8 Å². The molecule has 24 heavy (non-hydrogen) atoms. The van der Waals surface area contributed by atoms with Gasteiger partial charge in [-0.05, 0) is 36.9 Å². The largest absolute Gasteiger partial charge is 0.508 e. The van der Waals surface area contributed by atoms with Gasteiger partial charge in [0.2, 0.25) is 0 Å². The second-order valence-electron chi connectivity index (χ2n) is 6.25. The van der Waals surface area contributed by atoms with Crippen LogP contribution in [0.25, 0.3) is 11.3 Å². The smallest absolute Gasteiger partial charge is 0.132 e. The van der Waals surface area contributed by atoms with E-state index in [1.54, 1.807) is 30.3 Å². The van der Waals surface area contributed by atoms with Crippen molar-refractivity contribution in [1.82, 2.24) is 14.7 Å². The third-order valence-corrected chi connectivity index (χ3v) is 4.35. The lowest BCUT2D eigenvalue weighted by atomic mass is 10.1. The molecule has 1 aliphatic rings. The van der Waals surface area contributed by atoms with Crippen LogP contribution in [0, 0.1) is 5.82 Å². The first-order valence-corrected chi connectivity index (χ1v) is 7.92. The summed E-state index contributed by atoms with van der Waals surface area (Å²) < 4.78 is 16.3. The molecule has 0 bridgehead atoms. The Bertz CT molecular complexity index is 903. The summed E-state index contributed by atoms with van der Waals surface area (Å²) >= 11 is 0. The number of nitrogens with zero attached hydrogens (tertiary/aromatic N) is 3. The zero-order valence-electron chi connectivity index (χ0n) is 13.4. The van der Waals surface area contributed by atoms with E-state index in [4.69, 9.17) is 5.10 Å². The summed E-state index contributed by atoms with van der Waals surface area (Å²) in [7, 11) is 2.03. The van der Waals surface area contributed by atoms with E-state index < -0.39 is 0 Å². The van der Waals surface area contributed by atoms with Crippen molar-refractivity contribution >= 4 is 0 Å². The van der Waals surface area contributed by atoms with Crippen LogP contribution in [0.1, 0.15) is 16.8 Å². The Morgan fingerprint density at radius 3 is 2.75 bits per heavy atom. The molecule has 4 nitrogen and oxygen atoms in total. The highest BCUT2D eigenvalue weighted by Crippen LogP contribution is 2.34. The molecule has 0 fully saturated rings. The molecule has 2 heterocycles. The number of benzene rings is 2. The summed E-state index contributed by atoms with van der Waals surface area (Å²) in [6.07, 6.45) is 0. The minimum Gasteiger partial charge on any atom is -0.508 e. The lowest BCUT2D eigenvalue weighted by molar-refractivity contribution is 0.346. The highest BCUT2D eigenvalue weighted by Gasteiger charge is 2.27. The van der Waals surface area contributed by atoms with E-state index in [9.17, 15) is 9.50 Å². The molecule has 0 saturated heterocycles. The molecule has 4 rings (SSSR count). The minimum atomic E-state index is -0.244. The molecule has 5 heteroatoms. The van der Waals surface area contributed by atoms with Crippen molar-refractivity contribution in [1.29, 1.82) is 0 Å². The number of fused-ring (bicyclic) bond motifs is 1. The first kappa shape index (κ1) is 14.9. The van der Waals surface area contributed by atoms with Gasteiger partial charge in [-0.2, -0.15) is 5.10 Å². The van der Waals surface area contributed by atoms with Crippen molar-refractivity contribution in [3.63, 3.8) is 0 Å². The Labute approximate surface area is 139 Å². The van der Waals surface area contributed by atoms with Gasteiger partial charge in [0.25, 0.3) is 0 Å². The molecule has 1 N–H and O–H groups in total. The number of hydrogen-bond donors (Lipinski definition) is 1. The number of phenolic OH excluding ortho intramolecular Hbond substituents is 1. The Morgan fingerprint density at radius 2 is 1.96 bits per heavy atom. The van der Waals surface area contributed by atoms with Crippen LogP contribution < -0.4 is 0 Å². The number of aromatic nitrogens is 2. The second-order valence-corrected chi connectivity index (χ2v) is 6.25. The van der Waals surface area contributed by atoms with Gasteiger partial charge in [-0.3, -0.25) is 9.58 Å². The molecule has 1 aromatic heterocycles. The molecule has 0 aliphatic carbocycles. The summed E-state index contributed by atoms with van der Waals surface area (Å²) in [5.41, 5.74) is 4.42. The first-order chi connectivity index (χ1) is 11.6. The fourth-order valence-electron chi connectivity index (χ4n) is 3.32. The van der Waals surface area contributed by atoms with Crippen molar-refractivity contribution in [3.05, 3.63) is 71.2 Å². The van der Waals surface area contributed by atoms with E-state index >= 15 is 0 Å². The average molecular weight is 323 g/mol. The summed E-state index contributed by atoms with van der Waals surface area (Å²) in [6.45, 7) is 2.03. The highest BCUT2D eigenvalue weighted by atomic mass is 19.1. The Hall–Kier alpha value is -2.66. The van der Waals surface area contributed by atoms with Crippen LogP contribution in [0.5, 0.6) is 5.75 Å². The molecule has 122 valence electrons. The maximum Gasteiger partial charge on any atom is 0.132 e. The van der Waals surface area contributed by atoms with E-state index in [1.807, 2.05) is 23.9 Å². The van der Waals surface area contributed by atoms with E-state index in [0.29, 0.717) is 12.1 Å². The number of phenols is 1. The summed E-state index contributed by atoms with van der Waals surface area (Å²) in [6, 6.07) is 13.9. The van der Waals surface area contributed by atoms with E-state index in [2.05, 4.69) is 4.90 Å². The van der Waals surface area contributed by atoms with Gasteiger partial charge in [-0.1, -0.05) is 24.3 Å². The predicted octanol–water partition coefficient (Wildman–Crippen LogP) is 3.39. The summed E-state index contributed by atoms with van der Waals surface area (Å²) in [5, 5.41) is 14.4. The number of hydrogen-bond acceptors (Lipinski definition) is 3. The van der Waals surface area contributed by atoms with Crippen LogP contribution in [0.2, 0.25) is 0 Å². The van der Waals surface area contributed by atoms with E-state index in [1.165, 1.54) is 6.07 Å². The molecule has 0 amide bonds. The van der Waals surface area contributed by atoms with Crippen LogP contribution in [-0.2, 0) is 19.6 Å². The van der Waals surface area contributed by atoms with Crippen LogP contribution in [0.4, 0.5) is 4.39 Å². The molecule has 0 atom stereocenters. The third-order valence-electron chi connectivity index (χ3n) is 4.35. The topological polar surface area (TPSA) is 41.3 Å². The van der Waals surface area contributed by atoms with Gasteiger partial charge in [-0.15, -0.1) is 0 Å². The van der Waals surface area contributed by atoms with Crippen LogP contribution >= 0.6 is 0 Å². The molecular formula is C19H18FN3O. The quantitative estimate of drug-likeness (QED) is 0.803. The average Bonchev–Trinajstić information content (AvgIpc) is 3.04. The van der Waals surface area contributed by atoms with E-state index in [-0.39, 0.29) is 11.6 Å². The predicted molar refractivity (Wildman–Crippen MR) is 90.0 cm³/mol. The monoisotopic (exact) mass is 323 g/mol. The molecule has 0 saturated carbocycles. The minimum absolute atomic E-state index is 0.222. The number of halogens is 1. The highest BCUT2D eigenvalue weighted by molar-refractivity contribution is 5.66. The van der Waals surface area contributed by atoms with Gasteiger partial charge in [-0.25, -0.2) is 4.39 Å². The Morgan fingerprint density at radius 1 is 1.12 bits per heavy atom. The number of rotatable bonds is 3.